The van der Waals surface area contributed by atoms with Crippen LogP contribution >= 0.6 is 11.3 Å². The molecule has 0 aliphatic carbocycles. The van der Waals surface area contributed by atoms with Crippen molar-refractivity contribution in [3.05, 3.63) is 29.3 Å². The first-order valence-corrected chi connectivity index (χ1v) is 8.10. The zero-order chi connectivity index (χ0) is 14.6. The van der Waals surface area contributed by atoms with E-state index in [9.17, 15) is 0 Å². The highest BCUT2D eigenvalue weighted by Gasteiger charge is 2.30. The van der Waals surface area contributed by atoms with Gasteiger partial charge in [0, 0.05) is 19.1 Å². The van der Waals surface area contributed by atoms with Gasteiger partial charge in [-0.2, -0.15) is 0 Å². The van der Waals surface area contributed by atoms with E-state index >= 15 is 0 Å². The fourth-order valence-corrected chi connectivity index (χ4v) is 3.48. The average molecular weight is 292 g/mol. The molecule has 2 aromatic rings. The topological polar surface area (TPSA) is 34.2 Å². The van der Waals surface area contributed by atoms with E-state index < -0.39 is 0 Å². The molecule has 1 unspecified atom stereocenters. The maximum atomic E-state index is 5.90. The summed E-state index contributed by atoms with van der Waals surface area (Å²) in [4.78, 5) is 4.73. The lowest BCUT2D eigenvalue weighted by Gasteiger charge is -2.34. The van der Waals surface area contributed by atoms with Crippen LogP contribution in [-0.4, -0.2) is 29.8 Å². The second-order valence-electron chi connectivity index (χ2n) is 5.43. The predicted molar refractivity (Wildman–Crippen MR) is 86.5 cm³/mol. The number of hydrogen-bond acceptors (Lipinski definition) is 4. The molecule has 4 heteroatoms. The van der Waals surface area contributed by atoms with E-state index in [4.69, 9.17) is 9.72 Å². The number of hydrogen-bond donors (Lipinski definition) is 1. The van der Waals surface area contributed by atoms with Crippen molar-refractivity contribution in [3.8, 4) is 0 Å². The molecule has 0 saturated heterocycles. The number of likely N-dealkylation sites (N-methyl/N-ethyl adjacent to an activating group) is 1. The van der Waals surface area contributed by atoms with Crippen LogP contribution in [0.3, 0.4) is 0 Å². The van der Waals surface area contributed by atoms with E-state index in [1.807, 2.05) is 13.0 Å². The number of aromatic nitrogens is 1. The largest absolute Gasteiger partial charge is 0.374 e. The minimum absolute atomic E-state index is 0.192. The summed E-state index contributed by atoms with van der Waals surface area (Å²) in [5.74, 6) is 0. The molecule has 20 heavy (non-hydrogen) atoms. The Bertz CT molecular complexity index is 517. The molecule has 0 bridgehead atoms. The number of rotatable bonds is 7. The summed E-state index contributed by atoms with van der Waals surface area (Å²) < 4.78 is 7.16. The molecule has 0 aliphatic rings. The lowest BCUT2D eigenvalue weighted by atomic mass is 9.95. The minimum Gasteiger partial charge on any atom is -0.374 e. The SMILES string of the molecule is CCNC(Cc1nc2ccccc2s1)C(C)(C)OCC. The van der Waals surface area contributed by atoms with Crippen molar-refractivity contribution in [2.75, 3.05) is 13.2 Å². The number of benzene rings is 1. The number of fused-ring (bicyclic) bond motifs is 1. The summed E-state index contributed by atoms with van der Waals surface area (Å²) in [6, 6.07) is 8.58. The van der Waals surface area contributed by atoms with Gasteiger partial charge >= 0.3 is 0 Å². The summed E-state index contributed by atoms with van der Waals surface area (Å²) >= 11 is 1.78. The van der Waals surface area contributed by atoms with Gasteiger partial charge in [0.25, 0.3) is 0 Å². The summed E-state index contributed by atoms with van der Waals surface area (Å²) in [5, 5.41) is 4.71. The Labute approximate surface area is 125 Å². The molecule has 0 amide bonds. The third kappa shape index (κ3) is 3.57. The summed E-state index contributed by atoms with van der Waals surface area (Å²) in [6.07, 6.45) is 0.903. The van der Waals surface area contributed by atoms with Gasteiger partial charge in [0.1, 0.15) is 0 Å². The summed E-state index contributed by atoms with van der Waals surface area (Å²) in [5.41, 5.74) is 0.903. The predicted octanol–water partition coefficient (Wildman–Crippen LogP) is 3.63. The lowest BCUT2D eigenvalue weighted by Crippen LogP contribution is -2.50. The average Bonchev–Trinajstić information content (AvgIpc) is 2.80. The fraction of sp³-hybridized carbons (Fsp3) is 0.562. The number of nitrogens with one attached hydrogen (secondary N) is 1. The lowest BCUT2D eigenvalue weighted by molar-refractivity contribution is -0.0376. The first-order valence-electron chi connectivity index (χ1n) is 7.28. The molecular weight excluding hydrogens is 268 g/mol. The molecule has 0 spiro atoms. The quantitative estimate of drug-likeness (QED) is 0.846. The Hall–Kier alpha value is -0.970. The van der Waals surface area contributed by atoms with E-state index in [-0.39, 0.29) is 11.6 Å². The highest BCUT2D eigenvalue weighted by molar-refractivity contribution is 7.18. The van der Waals surface area contributed by atoms with E-state index in [2.05, 4.69) is 44.3 Å². The number of ether oxygens (including phenoxy) is 1. The maximum Gasteiger partial charge on any atom is 0.0955 e. The standard InChI is InChI=1S/C16H24N2OS/c1-5-17-14(16(3,4)19-6-2)11-15-18-12-9-7-8-10-13(12)20-15/h7-10,14,17H,5-6,11H2,1-4H3. The van der Waals surface area contributed by atoms with Gasteiger partial charge in [0.2, 0.25) is 0 Å². The molecule has 1 N–H and O–H groups in total. The third-order valence-corrected chi connectivity index (χ3v) is 4.58. The number of nitrogens with zero attached hydrogens (tertiary/aromatic N) is 1. The van der Waals surface area contributed by atoms with Crippen molar-refractivity contribution in [2.45, 2.75) is 45.8 Å². The zero-order valence-corrected chi connectivity index (χ0v) is 13.6. The van der Waals surface area contributed by atoms with Crippen molar-refractivity contribution < 1.29 is 4.74 Å². The maximum absolute atomic E-state index is 5.90. The van der Waals surface area contributed by atoms with Crippen LogP contribution in [0.25, 0.3) is 10.2 Å². The fourth-order valence-electron chi connectivity index (χ4n) is 2.46. The van der Waals surface area contributed by atoms with E-state index in [1.165, 1.54) is 9.71 Å². The first kappa shape index (κ1) is 15.4. The van der Waals surface area contributed by atoms with Crippen LogP contribution in [0.2, 0.25) is 0 Å². The number of para-hydroxylation sites is 1. The van der Waals surface area contributed by atoms with Crippen LogP contribution in [0.5, 0.6) is 0 Å². The molecule has 1 aromatic heterocycles. The Morgan fingerprint density at radius 2 is 2.05 bits per heavy atom. The second-order valence-corrected chi connectivity index (χ2v) is 6.54. The molecule has 110 valence electrons. The minimum atomic E-state index is -0.192. The van der Waals surface area contributed by atoms with Crippen LogP contribution in [-0.2, 0) is 11.2 Å². The first-order chi connectivity index (χ1) is 9.56. The second kappa shape index (κ2) is 6.66. The van der Waals surface area contributed by atoms with E-state index in [0.29, 0.717) is 0 Å². The molecule has 1 heterocycles. The van der Waals surface area contributed by atoms with Crippen molar-refractivity contribution in [1.82, 2.24) is 10.3 Å². The van der Waals surface area contributed by atoms with Gasteiger partial charge in [-0.1, -0.05) is 19.1 Å². The molecule has 0 fully saturated rings. The Morgan fingerprint density at radius 3 is 2.70 bits per heavy atom. The van der Waals surface area contributed by atoms with Gasteiger partial charge in [0.15, 0.2) is 0 Å². The molecule has 1 aromatic carbocycles. The molecule has 3 nitrogen and oxygen atoms in total. The van der Waals surface area contributed by atoms with Crippen LogP contribution in [0.15, 0.2) is 24.3 Å². The third-order valence-electron chi connectivity index (χ3n) is 3.52. The van der Waals surface area contributed by atoms with Crippen LogP contribution < -0.4 is 5.32 Å². The van der Waals surface area contributed by atoms with Gasteiger partial charge in [0.05, 0.1) is 20.8 Å². The normalized spacial score (nSPS) is 13.8. The van der Waals surface area contributed by atoms with Gasteiger partial charge < -0.3 is 10.1 Å². The van der Waals surface area contributed by atoms with Crippen molar-refractivity contribution >= 4 is 21.6 Å². The molecule has 0 aliphatic heterocycles. The molecule has 2 rings (SSSR count). The van der Waals surface area contributed by atoms with Gasteiger partial charge in [-0.25, -0.2) is 4.98 Å². The van der Waals surface area contributed by atoms with Gasteiger partial charge in [-0.3, -0.25) is 0 Å². The molecular formula is C16H24N2OS. The monoisotopic (exact) mass is 292 g/mol. The Kier molecular flexibility index (Phi) is 5.13. The van der Waals surface area contributed by atoms with Crippen LogP contribution in [0, 0.1) is 0 Å². The summed E-state index contributed by atoms with van der Waals surface area (Å²) in [7, 11) is 0. The van der Waals surface area contributed by atoms with Gasteiger partial charge in [-0.15, -0.1) is 11.3 Å². The van der Waals surface area contributed by atoms with Crippen molar-refractivity contribution in [3.63, 3.8) is 0 Å². The van der Waals surface area contributed by atoms with Crippen LogP contribution in [0.1, 0.15) is 32.7 Å². The van der Waals surface area contributed by atoms with Crippen molar-refractivity contribution in [2.24, 2.45) is 0 Å². The van der Waals surface area contributed by atoms with E-state index in [1.54, 1.807) is 11.3 Å². The van der Waals surface area contributed by atoms with Gasteiger partial charge in [-0.05, 0) is 39.4 Å². The molecule has 1 atom stereocenters. The Balaban J connectivity index is 2.18. The highest BCUT2D eigenvalue weighted by Crippen LogP contribution is 2.25. The number of thiazole rings is 1. The Morgan fingerprint density at radius 1 is 1.30 bits per heavy atom. The summed E-state index contributed by atoms with van der Waals surface area (Å²) in [6.45, 7) is 10.1. The van der Waals surface area contributed by atoms with Crippen molar-refractivity contribution in [1.29, 1.82) is 0 Å². The zero-order valence-electron chi connectivity index (χ0n) is 12.8. The molecule has 0 saturated carbocycles. The smallest absolute Gasteiger partial charge is 0.0955 e. The molecule has 0 radical (unpaired) electrons. The van der Waals surface area contributed by atoms with E-state index in [0.717, 1.165) is 25.1 Å². The van der Waals surface area contributed by atoms with Crippen LogP contribution in [0.4, 0.5) is 0 Å². The highest BCUT2D eigenvalue weighted by atomic mass is 32.1.